The molecule has 0 spiro atoms. The molecule has 10 nitrogen and oxygen atoms in total. The summed E-state index contributed by atoms with van der Waals surface area (Å²) in [6.45, 7) is 0. The van der Waals surface area contributed by atoms with E-state index in [1.165, 1.54) is 0 Å². The van der Waals surface area contributed by atoms with Crippen LogP contribution in [-0.4, -0.2) is 10.5 Å². The van der Waals surface area contributed by atoms with E-state index in [1.807, 2.05) is 0 Å². The molecule has 0 bridgehead atoms. The van der Waals surface area contributed by atoms with Crippen molar-refractivity contribution in [3.8, 4) is 0 Å². The first-order valence-electron chi connectivity index (χ1n) is 1.83. The van der Waals surface area contributed by atoms with Crippen molar-refractivity contribution in [3.05, 3.63) is 0 Å². The van der Waals surface area contributed by atoms with Gasteiger partial charge < -0.3 is 28.7 Å². The van der Waals surface area contributed by atoms with Gasteiger partial charge in [-0.05, 0) is 0 Å². The standard InChI is InChI=1S/Fe.Li.2H3O5P/c;;2*1-5-6(2,3)4/h;;2*1H,(H2,2,3,4)/q+3;+1;;/p-4. The molecule has 0 rings (SSSR count). The van der Waals surface area contributed by atoms with Gasteiger partial charge >= 0.3 is 35.9 Å². The Morgan fingerprint density at radius 1 is 0.857 bits per heavy atom. The Labute approximate surface area is 100 Å². The molecular formula is H2FeLiO10P2. The Bertz CT molecular complexity index is 168. The van der Waals surface area contributed by atoms with Gasteiger partial charge in [0.1, 0.15) is 0 Å². The Balaban J connectivity index is -0.0000000625. The first-order valence-corrected chi connectivity index (χ1v) is 4.75. The summed E-state index contributed by atoms with van der Waals surface area (Å²) in [5.74, 6) is 0. The maximum absolute atomic E-state index is 9.00. The van der Waals surface area contributed by atoms with E-state index in [1.54, 1.807) is 0 Å². The predicted octanol–water partition coefficient (Wildman–Crippen LogP) is -6.39. The molecule has 81 valence electrons. The van der Waals surface area contributed by atoms with Gasteiger partial charge in [-0.1, -0.05) is 0 Å². The Morgan fingerprint density at radius 3 is 0.929 bits per heavy atom. The normalized spacial score (nSPS) is 10.1. The molecule has 0 aromatic rings. The van der Waals surface area contributed by atoms with Crippen molar-refractivity contribution < 1.29 is 84.5 Å². The zero-order valence-corrected chi connectivity index (χ0v) is 9.30. The van der Waals surface area contributed by atoms with Crippen LogP contribution in [0.1, 0.15) is 0 Å². The second-order valence-corrected chi connectivity index (χ2v) is 3.17. The first-order chi connectivity index (χ1) is 5.12. The minimum atomic E-state index is -5.09. The van der Waals surface area contributed by atoms with E-state index in [-0.39, 0.29) is 35.9 Å². The molecule has 0 amide bonds. The molecule has 0 heterocycles. The van der Waals surface area contributed by atoms with E-state index in [0.717, 1.165) is 0 Å². The second kappa shape index (κ2) is 10.8. The summed E-state index contributed by atoms with van der Waals surface area (Å²) in [7, 11) is -10.2. The van der Waals surface area contributed by atoms with Crippen LogP contribution in [0.4, 0.5) is 0 Å². The maximum atomic E-state index is 9.00. The van der Waals surface area contributed by atoms with E-state index in [9.17, 15) is 0 Å². The number of phosphoric acid groups is 2. The third-order valence-electron chi connectivity index (χ3n) is 0.200. The Kier molecular flexibility index (Phi) is 18.8. The third-order valence-corrected chi connectivity index (χ3v) is 0.600. The van der Waals surface area contributed by atoms with Gasteiger partial charge in [-0.15, -0.1) is 0 Å². The largest absolute Gasteiger partial charge is 3.00 e. The van der Waals surface area contributed by atoms with E-state index >= 15 is 0 Å². The van der Waals surface area contributed by atoms with Gasteiger partial charge in [-0.3, -0.25) is 0 Å². The molecule has 14 heteroatoms. The zero-order valence-electron chi connectivity index (χ0n) is 6.41. The quantitative estimate of drug-likeness (QED) is 0.214. The molecule has 0 aliphatic heterocycles. The van der Waals surface area contributed by atoms with Crippen molar-refractivity contribution in [3.63, 3.8) is 0 Å². The number of hydrogen-bond acceptors (Lipinski definition) is 10. The minimum absolute atomic E-state index is 0. The average Bonchev–Trinajstić information content (AvgIpc) is 1.86. The fraction of sp³-hybridized carbons (Fsp3) is 0. The smallest absolute Gasteiger partial charge is 0.788 e. The van der Waals surface area contributed by atoms with Gasteiger partial charge in [0.25, 0.3) is 0 Å². The van der Waals surface area contributed by atoms with Crippen LogP contribution in [0.15, 0.2) is 0 Å². The van der Waals surface area contributed by atoms with Crippen molar-refractivity contribution >= 4 is 15.6 Å². The zero-order chi connectivity index (χ0) is 10.4. The minimum Gasteiger partial charge on any atom is -0.788 e. The molecule has 2 N–H and O–H groups in total. The van der Waals surface area contributed by atoms with Crippen LogP contribution in [0, 0.1) is 0 Å². The van der Waals surface area contributed by atoms with E-state index in [2.05, 4.69) is 9.35 Å². The average molecular weight is 287 g/mol. The maximum Gasteiger partial charge on any atom is 3.00 e. The van der Waals surface area contributed by atoms with Crippen LogP contribution in [0.2, 0.25) is 0 Å². The van der Waals surface area contributed by atoms with E-state index in [0.29, 0.717) is 0 Å². The van der Waals surface area contributed by atoms with Gasteiger partial charge in [-0.2, -0.15) is 0 Å². The molecule has 14 heavy (non-hydrogen) atoms. The van der Waals surface area contributed by atoms with Gasteiger partial charge in [-0.25, -0.2) is 19.9 Å². The summed E-state index contributed by atoms with van der Waals surface area (Å²) in [4.78, 5) is 36.0. The van der Waals surface area contributed by atoms with Crippen LogP contribution in [0.25, 0.3) is 0 Å². The summed E-state index contributed by atoms with van der Waals surface area (Å²) in [5.41, 5.74) is 0. The Hall–Kier alpha value is 1.26. The monoisotopic (exact) mass is 287 g/mol. The second-order valence-electron chi connectivity index (χ2n) is 1.06. The van der Waals surface area contributed by atoms with Crippen molar-refractivity contribution in [2.45, 2.75) is 0 Å². The van der Waals surface area contributed by atoms with Gasteiger partial charge in [0.15, 0.2) is 0 Å². The summed E-state index contributed by atoms with van der Waals surface area (Å²) in [6.07, 6.45) is 0. The van der Waals surface area contributed by atoms with Crippen molar-refractivity contribution in [2.24, 2.45) is 0 Å². The first kappa shape index (κ1) is 24.5. The molecule has 0 atom stereocenters. The number of hydrogen-bond donors (Lipinski definition) is 2. The van der Waals surface area contributed by atoms with E-state index in [4.69, 9.17) is 39.2 Å². The van der Waals surface area contributed by atoms with Gasteiger partial charge in [0.2, 0.25) is 0 Å². The summed E-state index contributed by atoms with van der Waals surface area (Å²) in [5, 5.41) is 14.0. The van der Waals surface area contributed by atoms with Crippen LogP contribution in [0.3, 0.4) is 0 Å². The Morgan fingerprint density at radius 2 is 0.929 bits per heavy atom. The van der Waals surface area contributed by atoms with Gasteiger partial charge in [0, 0.05) is 0 Å². The van der Waals surface area contributed by atoms with Crippen LogP contribution >= 0.6 is 15.6 Å². The molecular weight excluding hydrogens is 285 g/mol. The molecule has 0 aromatic heterocycles. The van der Waals surface area contributed by atoms with Crippen molar-refractivity contribution in [2.75, 3.05) is 0 Å². The molecule has 0 saturated heterocycles. The fourth-order valence-corrected chi connectivity index (χ4v) is 0. The molecule has 0 saturated carbocycles. The van der Waals surface area contributed by atoms with Gasteiger partial charge in [0.05, 0.1) is 15.6 Å². The van der Waals surface area contributed by atoms with E-state index < -0.39 is 15.6 Å². The fourth-order valence-electron chi connectivity index (χ4n) is 0. The molecule has 0 unspecified atom stereocenters. The summed E-state index contributed by atoms with van der Waals surface area (Å²) >= 11 is 0. The topological polar surface area (TPSA) is 185 Å². The molecule has 0 aliphatic rings. The summed E-state index contributed by atoms with van der Waals surface area (Å²) in [6, 6.07) is 0. The van der Waals surface area contributed by atoms with Crippen molar-refractivity contribution in [1.82, 2.24) is 0 Å². The molecule has 0 aromatic carbocycles. The SMILES string of the molecule is O=P([O-])([O-])OO.O=P([O-])([O-])OO.[Fe+3].[Li+]. The van der Waals surface area contributed by atoms with Crippen LogP contribution in [-0.2, 0) is 35.5 Å². The van der Waals surface area contributed by atoms with Crippen LogP contribution in [0.5, 0.6) is 0 Å². The molecule has 1 radical (unpaired) electrons. The number of rotatable bonds is 2. The third kappa shape index (κ3) is 37.8. The van der Waals surface area contributed by atoms with Crippen LogP contribution < -0.4 is 38.4 Å². The molecule has 0 aliphatic carbocycles. The predicted molar refractivity (Wildman–Crippen MR) is 22.6 cm³/mol. The summed E-state index contributed by atoms with van der Waals surface area (Å²) < 4.78 is 22.8. The van der Waals surface area contributed by atoms with Crippen molar-refractivity contribution in [1.29, 1.82) is 0 Å². The molecule has 0 fully saturated rings.